The Labute approximate surface area is 158 Å². The van der Waals surface area contributed by atoms with Gasteiger partial charge in [-0.25, -0.2) is 0 Å². The first kappa shape index (κ1) is 18.7. The van der Waals surface area contributed by atoms with E-state index in [4.69, 9.17) is 9.47 Å². The topological polar surface area (TPSA) is 89.5 Å². The molecule has 2 unspecified atom stereocenters. The predicted molar refractivity (Wildman–Crippen MR) is 99.2 cm³/mol. The monoisotopic (exact) mass is 369 g/mol. The number of rotatable bonds is 9. The van der Waals surface area contributed by atoms with Gasteiger partial charge < -0.3 is 20.1 Å². The lowest BCUT2D eigenvalue weighted by molar-refractivity contribution is -0.127. The highest BCUT2D eigenvalue weighted by molar-refractivity contribution is 5.92. The Hall–Kier alpha value is -3.09. The number of benzene rings is 1. The second kappa shape index (κ2) is 9.02. The highest BCUT2D eigenvalue weighted by Crippen LogP contribution is 2.38. The second-order valence-electron chi connectivity index (χ2n) is 6.34. The molecule has 1 heterocycles. The molecule has 0 radical (unpaired) electrons. The molecule has 0 spiro atoms. The van der Waals surface area contributed by atoms with Gasteiger partial charge in [-0.15, -0.1) is 0 Å². The fourth-order valence-electron chi connectivity index (χ4n) is 2.74. The van der Waals surface area contributed by atoms with Crippen molar-refractivity contribution >= 4 is 11.8 Å². The lowest BCUT2D eigenvalue weighted by Crippen LogP contribution is -2.32. The van der Waals surface area contributed by atoms with Gasteiger partial charge in [0.15, 0.2) is 0 Å². The Bertz CT molecular complexity index is 765. The first-order chi connectivity index (χ1) is 13.2. The molecule has 1 saturated carbocycles. The summed E-state index contributed by atoms with van der Waals surface area (Å²) >= 11 is 0. The molecule has 1 fully saturated rings. The zero-order chi connectivity index (χ0) is 19.1. The zero-order valence-corrected chi connectivity index (χ0v) is 15.2. The maximum Gasteiger partial charge on any atom is 0.224 e. The molecule has 2 atom stereocenters. The largest absolute Gasteiger partial charge is 0.497 e. The summed E-state index contributed by atoms with van der Waals surface area (Å²) < 4.78 is 10.6. The maximum absolute atomic E-state index is 12.1. The standard InChI is InChI=1S/C20H23N3O4/c1-26-15-4-6-16(7-5-15)27-10-9-22-19(24)17-11-18(17)20(25)23-13-14-3-2-8-21-12-14/h2-8,12,17-18H,9-11,13H2,1H3,(H,22,24)(H,23,25). The normalized spacial score (nSPS) is 17.7. The van der Waals surface area contributed by atoms with Crippen molar-refractivity contribution in [2.75, 3.05) is 20.3 Å². The summed E-state index contributed by atoms with van der Waals surface area (Å²) in [4.78, 5) is 28.2. The van der Waals surface area contributed by atoms with E-state index in [0.717, 1.165) is 11.3 Å². The molecule has 2 amide bonds. The fraction of sp³-hybridized carbons (Fsp3) is 0.350. The summed E-state index contributed by atoms with van der Waals surface area (Å²) in [6.45, 7) is 1.18. The van der Waals surface area contributed by atoms with Crippen molar-refractivity contribution < 1.29 is 19.1 Å². The summed E-state index contributed by atoms with van der Waals surface area (Å²) in [6, 6.07) is 11.0. The van der Waals surface area contributed by atoms with Gasteiger partial charge in [-0.3, -0.25) is 14.6 Å². The number of amides is 2. The van der Waals surface area contributed by atoms with E-state index in [0.29, 0.717) is 31.9 Å². The van der Waals surface area contributed by atoms with Crippen LogP contribution in [-0.4, -0.2) is 37.1 Å². The number of pyridine rings is 1. The lowest BCUT2D eigenvalue weighted by atomic mass is 10.2. The van der Waals surface area contributed by atoms with E-state index in [2.05, 4.69) is 15.6 Å². The van der Waals surface area contributed by atoms with E-state index in [1.807, 2.05) is 36.4 Å². The van der Waals surface area contributed by atoms with Gasteiger partial charge in [0.1, 0.15) is 18.1 Å². The number of carbonyl (C=O) groups is 2. The van der Waals surface area contributed by atoms with E-state index in [1.54, 1.807) is 19.5 Å². The minimum atomic E-state index is -0.250. The van der Waals surface area contributed by atoms with Crippen LogP contribution in [0.15, 0.2) is 48.8 Å². The van der Waals surface area contributed by atoms with Crippen LogP contribution in [0.5, 0.6) is 11.5 Å². The van der Waals surface area contributed by atoms with Crippen LogP contribution in [0.2, 0.25) is 0 Å². The van der Waals surface area contributed by atoms with Crippen LogP contribution in [-0.2, 0) is 16.1 Å². The van der Waals surface area contributed by atoms with Crippen LogP contribution in [0, 0.1) is 11.8 Å². The van der Waals surface area contributed by atoms with Crippen LogP contribution in [0.1, 0.15) is 12.0 Å². The molecule has 1 aromatic carbocycles. The third-order valence-electron chi connectivity index (χ3n) is 4.38. The Morgan fingerprint density at radius 1 is 1.07 bits per heavy atom. The van der Waals surface area contributed by atoms with Crippen LogP contribution < -0.4 is 20.1 Å². The average molecular weight is 369 g/mol. The summed E-state index contributed by atoms with van der Waals surface area (Å²) in [7, 11) is 1.61. The molecule has 27 heavy (non-hydrogen) atoms. The van der Waals surface area contributed by atoms with Crippen molar-refractivity contribution in [3.63, 3.8) is 0 Å². The first-order valence-corrected chi connectivity index (χ1v) is 8.88. The van der Waals surface area contributed by atoms with E-state index >= 15 is 0 Å². The number of hydrogen-bond acceptors (Lipinski definition) is 5. The molecule has 2 N–H and O–H groups in total. The number of methoxy groups -OCH3 is 1. The molecule has 3 rings (SSSR count). The Morgan fingerprint density at radius 3 is 2.44 bits per heavy atom. The maximum atomic E-state index is 12.1. The van der Waals surface area contributed by atoms with Gasteiger partial charge in [0.25, 0.3) is 0 Å². The van der Waals surface area contributed by atoms with Crippen molar-refractivity contribution in [3.8, 4) is 11.5 Å². The third kappa shape index (κ3) is 5.44. The highest BCUT2D eigenvalue weighted by Gasteiger charge is 2.47. The van der Waals surface area contributed by atoms with Crippen molar-refractivity contribution in [1.29, 1.82) is 0 Å². The van der Waals surface area contributed by atoms with Gasteiger partial charge >= 0.3 is 0 Å². The van der Waals surface area contributed by atoms with Crippen LogP contribution in [0.4, 0.5) is 0 Å². The molecule has 2 aromatic rings. The van der Waals surface area contributed by atoms with Crippen molar-refractivity contribution in [2.45, 2.75) is 13.0 Å². The molecule has 7 nitrogen and oxygen atoms in total. The smallest absolute Gasteiger partial charge is 0.224 e. The average Bonchev–Trinajstić information content (AvgIpc) is 3.51. The van der Waals surface area contributed by atoms with Gasteiger partial charge in [-0.1, -0.05) is 6.07 Å². The third-order valence-corrected chi connectivity index (χ3v) is 4.38. The van der Waals surface area contributed by atoms with E-state index in [9.17, 15) is 9.59 Å². The molecule has 1 aromatic heterocycles. The van der Waals surface area contributed by atoms with Crippen LogP contribution in [0.25, 0.3) is 0 Å². The quantitative estimate of drug-likeness (QED) is 0.655. The highest BCUT2D eigenvalue weighted by atomic mass is 16.5. The number of aromatic nitrogens is 1. The Morgan fingerprint density at radius 2 is 1.78 bits per heavy atom. The van der Waals surface area contributed by atoms with E-state index < -0.39 is 0 Å². The molecule has 1 aliphatic rings. The van der Waals surface area contributed by atoms with Gasteiger partial charge in [-0.2, -0.15) is 0 Å². The van der Waals surface area contributed by atoms with Crippen molar-refractivity contribution in [1.82, 2.24) is 15.6 Å². The number of ether oxygens (including phenoxy) is 2. The minimum Gasteiger partial charge on any atom is -0.497 e. The fourth-order valence-corrected chi connectivity index (χ4v) is 2.74. The molecule has 142 valence electrons. The first-order valence-electron chi connectivity index (χ1n) is 8.88. The van der Waals surface area contributed by atoms with Gasteiger partial charge in [0.05, 0.1) is 25.5 Å². The molecular weight excluding hydrogens is 346 g/mol. The van der Waals surface area contributed by atoms with Crippen molar-refractivity contribution in [3.05, 3.63) is 54.4 Å². The van der Waals surface area contributed by atoms with Gasteiger partial charge in [0.2, 0.25) is 11.8 Å². The molecular formula is C20H23N3O4. The van der Waals surface area contributed by atoms with E-state index in [1.165, 1.54) is 0 Å². The Balaban J connectivity index is 1.31. The molecule has 0 saturated heterocycles. The van der Waals surface area contributed by atoms with Gasteiger partial charge in [-0.05, 0) is 42.3 Å². The number of nitrogens with zero attached hydrogens (tertiary/aromatic N) is 1. The second-order valence-corrected chi connectivity index (χ2v) is 6.34. The SMILES string of the molecule is COc1ccc(OCCNC(=O)C2CC2C(=O)NCc2cccnc2)cc1. The predicted octanol–water partition coefficient (Wildman–Crippen LogP) is 1.54. The van der Waals surface area contributed by atoms with E-state index in [-0.39, 0.29) is 23.7 Å². The number of hydrogen-bond donors (Lipinski definition) is 2. The molecule has 7 heteroatoms. The van der Waals surface area contributed by atoms with Gasteiger partial charge in [0, 0.05) is 18.9 Å². The number of carbonyl (C=O) groups excluding carboxylic acids is 2. The zero-order valence-electron chi connectivity index (χ0n) is 15.2. The van der Waals surface area contributed by atoms with Crippen LogP contribution in [0.3, 0.4) is 0 Å². The molecule has 0 bridgehead atoms. The summed E-state index contributed by atoms with van der Waals surface area (Å²) in [5.74, 6) is 0.786. The summed E-state index contributed by atoms with van der Waals surface area (Å²) in [5, 5.41) is 5.67. The Kier molecular flexibility index (Phi) is 6.25. The lowest BCUT2D eigenvalue weighted by Gasteiger charge is -2.08. The summed E-state index contributed by atoms with van der Waals surface area (Å²) in [5.41, 5.74) is 0.934. The van der Waals surface area contributed by atoms with Crippen molar-refractivity contribution in [2.24, 2.45) is 11.8 Å². The minimum absolute atomic E-state index is 0.0894. The molecule has 1 aliphatic carbocycles. The number of nitrogens with one attached hydrogen (secondary N) is 2. The van der Waals surface area contributed by atoms with Crippen LogP contribution >= 0.6 is 0 Å². The molecule has 0 aliphatic heterocycles. The summed E-state index contributed by atoms with van der Waals surface area (Å²) in [6.07, 6.45) is 3.98.